The maximum absolute atomic E-state index is 5.59. The minimum Gasteiger partial charge on any atom is -0.497 e. The molecule has 24 heavy (non-hydrogen) atoms. The highest BCUT2D eigenvalue weighted by Crippen LogP contribution is 2.14. The number of aromatic nitrogens is 1. The average molecular weight is 330 g/mol. The van der Waals surface area contributed by atoms with E-state index in [0.29, 0.717) is 12.4 Å². The summed E-state index contributed by atoms with van der Waals surface area (Å²) in [4.78, 5) is 11.1. The highest BCUT2D eigenvalue weighted by atomic mass is 16.5. The zero-order chi connectivity index (χ0) is 17.5. The number of rotatable bonds is 6. The highest BCUT2D eigenvalue weighted by Gasteiger charge is 2.09. The molecule has 6 heteroatoms. The lowest BCUT2D eigenvalue weighted by molar-refractivity contribution is 0.412. The Labute approximate surface area is 143 Å². The normalized spacial score (nSPS) is 11.5. The van der Waals surface area contributed by atoms with Gasteiger partial charge < -0.3 is 19.4 Å². The van der Waals surface area contributed by atoms with E-state index in [1.807, 2.05) is 46.0 Å². The van der Waals surface area contributed by atoms with Crippen LogP contribution in [0.1, 0.15) is 29.8 Å². The zero-order valence-electron chi connectivity index (χ0n) is 15.1. The van der Waals surface area contributed by atoms with Crippen LogP contribution in [0.3, 0.4) is 0 Å². The molecule has 0 unspecified atom stereocenters. The molecule has 0 bridgehead atoms. The molecule has 2 aromatic rings. The second-order valence-electron chi connectivity index (χ2n) is 5.63. The summed E-state index contributed by atoms with van der Waals surface area (Å²) in [6.45, 7) is 7.84. The third-order valence-electron chi connectivity index (χ3n) is 3.69. The van der Waals surface area contributed by atoms with E-state index in [0.717, 1.165) is 41.8 Å². The van der Waals surface area contributed by atoms with Crippen molar-refractivity contribution < 1.29 is 9.15 Å². The van der Waals surface area contributed by atoms with Crippen LogP contribution in [0.15, 0.2) is 33.7 Å². The van der Waals surface area contributed by atoms with E-state index in [2.05, 4.69) is 26.3 Å². The topological polar surface area (TPSA) is 62.9 Å². The van der Waals surface area contributed by atoms with Gasteiger partial charge in [-0.15, -0.1) is 0 Å². The van der Waals surface area contributed by atoms with Crippen LogP contribution in [0.4, 0.5) is 0 Å². The van der Waals surface area contributed by atoms with E-state index >= 15 is 0 Å². The van der Waals surface area contributed by atoms with Gasteiger partial charge in [-0.05, 0) is 38.5 Å². The fourth-order valence-electron chi connectivity index (χ4n) is 2.34. The summed E-state index contributed by atoms with van der Waals surface area (Å²) in [5, 5.41) is 3.30. The molecule has 0 aliphatic rings. The quantitative estimate of drug-likeness (QED) is 0.652. The van der Waals surface area contributed by atoms with Crippen LogP contribution in [-0.2, 0) is 13.1 Å². The van der Waals surface area contributed by atoms with Gasteiger partial charge in [0.05, 0.1) is 12.8 Å². The van der Waals surface area contributed by atoms with Crippen molar-refractivity contribution in [2.45, 2.75) is 33.9 Å². The SMILES string of the molecule is CCNC(=NCc1nc(C)c(C)o1)N(C)Cc1cccc(OC)c1. The molecule has 0 radical (unpaired) electrons. The molecule has 6 nitrogen and oxygen atoms in total. The van der Waals surface area contributed by atoms with Crippen molar-refractivity contribution in [3.63, 3.8) is 0 Å². The summed E-state index contributed by atoms with van der Waals surface area (Å²) < 4.78 is 10.9. The van der Waals surface area contributed by atoms with Gasteiger partial charge in [0.2, 0.25) is 5.89 Å². The first-order valence-electron chi connectivity index (χ1n) is 8.08. The van der Waals surface area contributed by atoms with Crippen LogP contribution in [0.5, 0.6) is 5.75 Å². The number of ether oxygens (including phenoxy) is 1. The van der Waals surface area contributed by atoms with Gasteiger partial charge in [-0.25, -0.2) is 9.98 Å². The molecule has 0 aliphatic heterocycles. The van der Waals surface area contributed by atoms with E-state index < -0.39 is 0 Å². The molecule has 0 spiro atoms. The number of methoxy groups -OCH3 is 1. The van der Waals surface area contributed by atoms with Crippen molar-refractivity contribution in [1.82, 2.24) is 15.2 Å². The van der Waals surface area contributed by atoms with Crippen molar-refractivity contribution in [3.05, 3.63) is 47.2 Å². The molecule has 0 amide bonds. The standard InChI is InChI=1S/C18H26N4O2/c1-6-19-18(20-11-17-21-13(2)14(3)24-17)22(4)12-15-8-7-9-16(10-15)23-5/h7-10H,6,11-12H2,1-5H3,(H,19,20). The van der Waals surface area contributed by atoms with Crippen molar-refractivity contribution in [1.29, 1.82) is 0 Å². The van der Waals surface area contributed by atoms with Gasteiger partial charge in [-0.2, -0.15) is 0 Å². The van der Waals surface area contributed by atoms with Crippen molar-refractivity contribution >= 4 is 5.96 Å². The predicted octanol–water partition coefficient (Wildman–Crippen LogP) is 2.90. The maximum atomic E-state index is 5.59. The minimum atomic E-state index is 0.416. The zero-order valence-corrected chi connectivity index (χ0v) is 15.1. The van der Waals surface area contributed by atoms with E-state index in [1.54, 1.807) is 7.11 Å². The molecule has 1 aromatic heterocycles. The molecular weight excluding hydrogens is 304 g/mol. The Morgan fingerprint density at radius 3 is 2.79 bits per heavy atom. The molecule has 1 N–H and O–H groups in total. The Morgan fingerprint density at radius 1 is 1.38 bits per heavy atom. The molecule has 1 heterocycles. The third-order valence-corrected chi connectivity index (χ3v) is 3.69. The number of oxazole rings is 1. The molecule has 0 atom stereocenters. The number of hydrogen-bond donors (Lipinski definition) is 1. The molecule has 0 aliphatic carbocycles. The molecule has 0 fully saturated rings. The highest BCUT2D eigenvalue weighted by molar-refractivity contribution is 5.79. The molecule has 0 saturated heterocycles. The van der Waals surface area contributed by atoms with Crippen molar-refractivity contribution in [3.8, 4) is 5.75 Å². The molecule has 0 saturated carbocycles. The lowest BCUT2D eigenvalue weighted by Crippen LogP contribution is -2.38. The van der Waals surface area contributed by atoms with Crippen molar-refractivity contribution in [2.75, 3.05) is 20.7 Å². The van der Waals surface area contributed by atoms with Crippen LogP contribution in [0, 0.1) is 13.8 Å². The summed E-state index contributed by atoms with van der Waals surface area (Å²) in [5.41, 5.74) is 2.07. The number of nitrogens with one attached hydrogen (secondary N) is 1. The van der Waals surface area contributed by atoms with Gasteiger partial charge in [-0.1, -0.05) is 12.1 Å². The van der Waals surface area contributed by atoms with Gasteiger partial charge in [-0.3, -0.25) is 0 Å². The molecular formula is C18H26N4O2. The fraction of sp³-hybridized carbons (Fsp3) is 0.444. The maximum Gasteiger partial charge on any atom is 0.216 e. The summed E-state index contributed by atoms with van der Waals surface area (Å²) >= 11 is 0. The largest absolute Gasteiger partial charge is 0.497 e. The summed E-state index contributed by atoms with van der Waals surface area (Å²) in [7, 11) is 3.68. The molecule has 2 rings (SSSR count). The summed E-state index contributed by atoms with van der Waals surface area (Å²) in [5.74, 6) is 3.15. The van der Waals surface area contributed by atoms with E-state index in [-0.39, 0.29) is 0 Å². The van der Waals surface area contributed by atoms with Crippen LogP contribution in [0.25, 0.3) is 0 Å². The monoisotopic (exact) mass is 330 g/mol. The number of aliphatic imine (C=N–C) groups is 1. The Kier molecular flexibility index (Phi) is 6.23. The van der Waals surface area contributed by atoms with E-state index in [4.69, 9.17) is 9.15 Å². The number of aryl methyl sites for hydroxylation is 2. The van der Waals surface area contributed by atoms with Gasteiger partial charge in [0, 0.05) is 20.1 Å². The lowest BCUT2D eigenvalue weighted by Gasteiger charge is -2.22. The van der Waals surface area contributed by atoms with Crippen LogP contribution < -0.4 is 10.1 Å². The van der Waals surface area contributed by atoms with Crippen LogP contribution in [0.2, 0.25) is 0 Å². The Morgan fingerprint density at radius 2 is 2.17 bits per heavy atom. The van der Waals surface area contributed by atoms with E-state index in [9.17, 15) is 0 Å². The number of benzene rings is 1. The second kappa shape index (κ2) is 8.38. The predicted molar refractivity (Wildman–Crippen MR) is 95.3 cm³/mol. The first-order chi connectivity index (χ1) is 11.5. The van der Waals surface area contributed by atoms with Crippen LogP contribution in [-0.4, -0.2) is 36.5 Å². The average Bonchev–Trinajstić information content (AvgIpc) is 2.89. The lowest BCUT2D eigenvalue weighted by atomic mass is 10.2. The van der Waals surface area contributed by atoms with Gasteiger partial charge >= 0.3 is 0 Å². The second-order valence-corrected chi connectivity index (χ2v) is 5.63. The third kappa shape index (κ3) is 4.75. The van der Waals surface area contributed by atoms with Gasteiger partial charge in [0.15, 0.2) is 5.96 Å². The fourth-order valence-corrected chi connectivity index (χ4v) is 2.34. The summed E-state index contributed by atoms with van der Waals surface area (Å²) in [6, 6.07) is 8.03. The first kappa shape index (κ1) is 17.8. The first-order valence-corrected chi connectivity index (χ1v) is 8.08. The van der Waals surface area contributed by atoms with Gasteiger partial charge in [0.25, 0.3) is 0 Å². The Balaban J connectivity index is 2.08. The number of nitrogens with zero attached hydrogens (tertiary/aromatic N) is 3. The Hall–Kier alpha value is -2.50. The smallest absolute Gasteiger partial charge is 0.216 e. The number of guanidine groups is 1. The molecule has 1 aromatic carbocycles. The number of hydrogen-bond acceptors (Lipinski definition) is 4. The summed E-state index contributed by atoms with van der Waals surface area (Å²) in [6.07, 6.45) is 0. The minimum absolute atomic E-state index is 0.416. The Bertz CT molecular complexity index is 675. The molecule has 130 valence electrons. The van der Waals surface area contributed by atoms with Crippen LogP contribution >= 0.6 is 0 Å². The van der Waals surface area contributed by atoms with Gasteiger partial charge in [0.1, 0.15) is 18.1 Å². The van der Waals surface area contributed by atoms with E-state index in [1.165, 1.54) is 0 Å². The van der Waals surface area contributed by atoms with Crippen molar-refractivity contribution in [2.24, 2.45) is 4.99 Å².